The maximum atomic E-state index is 10.6. The summed E-state index contributed by atoms with van der Waals surface area (Å²) in [6.45, 7) is 2.00. The minimum atomic E-state index is -0.812. The predicted molar refractivity (Wildman–Crippen MR) is 70.4 cm³/mol. The highest BCUT2D eigenvalue weighted by Crippen LogP contribution is 2.21. The summed E-state index contributed by atoms with van der Waals surface area (Å²) in [5, 5.41) is 8.69. The lowest BCUT2D eigenvalue weighted by molar-refractivity contribution is -0.137. The van der Waals surface area contributed by atoms with Crippen molar-refractivity contribution >= 4 is 5.97 Å². The van der Waals surface area contributed by atoms with Gasteiger partial charge >= 0.3 is 5.97 Å². The third-order valence-corrected chi connectivity index (χ3v) is 3.03. The molecule has 100 valence electrons. The van der Waals surface area contributed by atoms with Gasteiger partial charge in [0.15, 0.2) is 0 Å². The molecule has 0 saturated heterocycles. The molecule has 0 radical (unpaired) electrons. The van der Waals surface area contributed by atoms with Gasteiger partial charge in [0.1, 0.15) is 0 Å². The van der Waals surface area contributed by atoms with Crippen molar-refractivity contribution in [3.8, 4) is 0 Å². The van der Waals surface area contributed by atoms with Crippen molar-refractivity contribution in [2.75, 3.05) is 7.11 Å². The van der Waals surface area contributed by atoms with Crippen LogP contribution in [0.25, 0.3) is 0 Å². The molecule has 4 heteroatoms. The van der Waals surface area contributed by atoms with Crippen LogP contribution in [0.5, 0.6) is 0 Å². The molecule has 3 N–H and O–H groups in total. The average Bonchev–Trinajstić information content (AvgIpc) is 2.36. The number of hydrogen-bond acceptors (Lipinski definition) is 3. The second kappa shape index (κ2) is 7.13. The first-order valence-corrected chi connectivity index (χ1v) is 6.12. The van der Waals surface area contributed by atoms with E-state index < -0.39 is 5.97 Å². The van der Waals surface area contributed by atoms with E-state index in [9.17, 15) is 4.79 Å². The van der Waals surface area contributed by atoms with Crippen LogP contribution in [0.15, 0.2) is 24.3 Å². The molecule has 2 unspecified atom stereocenters. The quantitative estimate of drug-likeness (QED) is 0.778. The van der Waals surface area contributed by atoms with Crippen LogP contribution in [-0.2, 0) is 16.0 Å². The molecular formula is C14H21NO3. The van der Waals surface area contributed by atoms with Gasteiger partial charge in [0, 0.05) is 19.6 Å². The minimum absolute atomic E-state index is 0.0926. The largest absolute Gasteiger partial charge is 0.481 e. The van der Waals surface area contributed by atoms with Gasteiger partial charge in [-0.1, -0.05) is 24.3 Å². The fourth-order valence-corrected chi connectivity index (χ4v) is 1.91. The molecule has 0 aliphatic heterocycles. The lowest BCUT2D eigenvalue weighted by Crippen LogP contribution is -2.17. The van der Waals surface area contributed by atoms with Crippen LogP contribution in [0.2, 0.25) is 0 Å². The van der Waals surface area contributed by atoms with Gasteiger partial charge < -0.3 is 15.6 Å². The monoisotopic (exact) mass is 251 g/mol. The van der Waals surface area contributed by atoms with E-state index >= 15 is 0 Å². The number of carboxylic acid groups (broad SMARTS) is 1. The van der Waals surface area contributed by atoms with Gasteiger partial charge in [-0.3, -0.25) is 4.79 Å². The summed E-state index contributed by atoms with van der Waals surface area (Å²) >= 11 is 0. The van der Waals surface area contributed by atoms with Gasteiger partial charge in [-0.05, 0) is 30.9 Å². The first-order valence-electron chi connectivity index (χ1n) is 6.12. The Morgan fingerprint density at radius 2 is 2.11 bits per heavy atom. The standard InChI is InChI=1S/C14H21NO3/c1-10(18-2)9-11-5-3-4-6-12(11)13(15)7-8-14(16)17/h3-6,10,13H,7-9,15H2,1-2H3,(H,16,17). The Bertz CT molecular complexity index is 392. The molecule has 1 rings (SSSR count). The van der Waals surface area contributed by atoms with Crippen molar-refractivity contribution in [1.29, 1.82) is 0 Å². The van der Waals surface area contributed by atoms with Crippen LogP contribution in [0, 0.1) is 0 Å². The highest BCUT2D eigenvalue weighted by molar-refractivity contribution is 5.66. The molecule has 1 aromatic rings. The third-order valence-electron chi connectivity index (χ3n) is 3.03. The number of ether oxygens (including phenoxy) is 1. The van der Waals surface area contributed by atoms with Crippen molar-refractivity contribution in [3.63, 3.8) is 0 Å². The summed E-state index contributed by atoms with van der Waals surface area (Å²) in [6, 6.07) is 7.64. The lowest BCUT2D eigenvalue weighted by atomic mass is 9.94. The first-order chi connectivity index (χ1) is 8.54. The number of hydrogen-bond donors (Lipinski definition) is 2. The van der Waals surface area contributed by atoms with Crippen molar-refractivity contribution in [2.24, 2.45) is 5.73 Å². The van der Waals surface area contributed by atoms with Gasteiger partial charge in [0.25, 0.3) is 0 Å². The van der Waals surface area contributed by atoms with E-state index in [1.807, 2.05) is 31.2 Å². The number of rotatable bonds is 7. The highest BCUT2D eigenvalue weighted by atomic mass is 16.5. The molecule has 0 fully saturated rings. The molecule has 4 nitrogen and oxygen atoms in total. The molecule has 0 aliphatic rings. The summed E-state index contributed by atoms with van der Waals surface area (Å²) < 4.78 is 5.25. The molecule has 2 atom stereocenters. The minimum Gasteiger partial charge on any atom is -0.481 e. The fourth-order valence-electron chi connectivity index (χ4n) is 1.91. The summed E-state index contributed by atoms with van der Waals surface area (Å²) in [7, 11) is 1.68. The Balaban J connectivity index is 2.77. The van der Waals surface area contributed by atoms with Gasteiger partial charge in [0.2, 0.25) is 0 Å². The third kappa shape index (κ3) is 4.47. The van der Waals surface area contributed by atoms with Gasteiger partial charge in [-0.25, -0.2) is 0 Å². The second-order valence-electron chi connectivity index (χ2n) is 4.49. The smallest absolute Gasteiger partial charge is 0.303 e. The van der Waals surface area contributed by atoms with E-state index in [1.54, 1.807) is 7.11 Å². The van der Waals surface area contributed by atoms with Crippen LogP contribution in [0.3, 0.4) is 0 Å². The van der Waals surface area contributed by atoms with E-state index in [-0.39, 0.29) is 18.6 Å². The molecular weight excluding hydrogens is 230 g/mol. The normalized spacial score (nSPS) is 14.2. The van der Waals surface area contributed by atoms with Crippen LogP contribution < -0.4 is 5.73 Å². The molecule has 0 saturated carbocycles. The number of benzene rings is 1. The molecule has 1 aromatic carbocycles. The number of carboxylic acids is 1. The zero-order valence-corrected chi connectivity index (χ0v) is 10.9. The van der Waals surface area contributed by atoms with Crippen molar-refractivity contribution < 1.29 is 14.6 Å². The number of nitrogens with two attached hydrogens (primary N) is 1. The summed E-state index contributed by atoms with van der Waals surface area (Å²) in [5.41, 5.74) is 8.20. The summed E-state index contributed by atoms with van der Waals surface area (Å²) in [4.78, 5) is 10.6. The summed E-state index contributed by atoms with van der Waals surface area (Å²) in [5.74, 6) is -0.812. The maximum absolute atomic E-state index is 10.6. The maximum Gasteiger partial charge on any atom is 0.303 e. The zero-order valence-electron chi connectivity index (χ0n) is 10.9. The molecule has 0 bridgehead atoms. The Morgan fingerprint density at radius 1 is 1.44 bits per heavy atom. The second-order valence-corrected chi connectivity index (χ2v) is 4.49. The predicted octanol–water partition coefficient (Wildman–Crippen LogP) is 2.13. The zero-order chi connectivity index (χ0) is 13.5. The molecule has 0 spiro atoms. The van der Waals surface area contributed by atoms with Gasteiger partial charge in [-0.15, -0.1) is 0 Å². The molecule has 0 amide bonds. The summed E-state index contributed by atoms with van der Waals surface area (Å²) in [6.07, 6.45) is 1.45. The van der Waals surface area contributed by atoms with Gasteiger partial charge in [-0.2, -0.15) is 0 Å². The SMILES string of the molecule is COC(C)Cc1ccccc1C(N)CCC(=O)O. The van der Waals surface area contributed by atoms with Crippen LogP contribution in [0.1, 0.15) is 36.9 Å². The molecule has 0 aromatic heterocycles. The van der Waals surface area contributed by atoms with Crippen LogP contribution in [-0.4, -0.2) is 24.3 Å². The number of methoxy groups -OCH3 is 1. The van der Waals surface area contributed by atoms with E-state index in [0.717, 1.165) is 17.5 Å². The fraction of sp³-hybridized carbons (Fsp3) is 0.500. The van der Waals surface area contributed by atoms with Crippen molar-refractivity contribution in [3.05, 3.63) is 35.4 Å². The molecule has 18 heavy (non-hydrogen) atoms. The Hall–Kier alpha value is -1.39. The molecule has 0 aliphatic carbocycles. The van der Waals surface area contributed by atoms with Crippen molar-refractivity contribution in [1.82, 2.24) is 0 Å². The van der Waals surface area contributed by atoms with E-state index in [0.29, 0.717) is 6.42 Å². The average molecular weight is 251 g/mol. The number of carbonyl (C=O) groups is 1. The van der Waals surface area contributed by atoms with Gasteiger partial charge in [0.05, 0.1) is 6.10 Å². The topological polar surface area (TPSA) is 72.5 Å². The molecule has 0 heterocycles. The first kappa shape index (κ1) is 14.7. The van der Waals surface area contributed by atoms with Crippen LogP contribution in [0.4, 0.5) is 0 Å². The van der Waals surface area contributed by atoms with Crippen LogP contribution >= 0.6 is 0 Å². The number of aliphatic carboxylic acids is 1. The van der Waals surface area contributed by atoms with E-state index in [2.05, 4.69) is 0 Å². The highest BCUT2D eigenvalue weighted by Gasteiger charge is 2.13. The Kier molecular flexibility index (Phi) is 5.82. The Labute approximate surface area is 108 Å². The lowest BCUT2D eigenvalue weighted by Gasteiger charge is -2.18. The van der Waals surface area contributed by atoms with E-state index in [1.165, 1.54) is 0 Å². The van der Waals surface area contributed by atoms with Crippen molar-refractivity contribution in [2.45, 2.75) is 38.3 Å². The Morgan fingerprint density at radius 3 is 2.72 bits per heavy atom. The van der Waals surface area contributed by atoms with E-state index in [4.69, 9.17) is 15.6 Å².